The average molecular weight is 346 g/mol. The van der Waals surface area contributed by atoms with Crippen LogP contribution in [0, 0.1) is 5.92 Å². The monoisotopic (exact) mass is 346 g/mol. The standard InChI is InChI=1S/C16H17F3O3S/c1-10-8-13(15(20)16(17,18)19)14(9-11(10)2)23(21,22)12-6-4-3-5-7-12/h3-7,13-14H,8-9H2,1-2H3/t13-,14-/m1/s1. The largest absolute Gasteiger partial charge is 0.450 e. The smallest absolute Gasteiger partial charge is 0.289 e. The van der Waals surface area contributed by atoms with Gasteiger partial charge in [-0.3, -0.25) is 4.79 Å². The number of hydrogen-bond donors (Lipinski definition) is 0. The van der Waals surface area contributed by atoms with Gasteiger partial charge >= 0.3 is 6.18 Å². The van der Waals surface area contributed by atoms with Gasteiger partial charge in [-0.05, 0) is 38.8 Å². The lowest BCUT2D eigenvalue weighted by Gasteiger charge is -2.32. The van der Waals surface area contributed by atoms with Gasteiger partial charge in [-0.15, -0.1) is 0 Å². The lowest BCUT2D eigenvalue weighted by atomic mass is 9.82. The van der Waals surface area contributed by atoms with E-state index in [9.17, 15) is 26.4 Å². The van der Waals surface area contributed by atoms with Crippen molar-refractivity contribution in [1.29, 1.82) is 0 Å². The van der Waals surface area contributed by atoms with Crippen LogP contribution in [0.25, 0.3) is 0 Å². The fraction of sp³-hybridized carbons (Fsp3) is 0.438. The SMILES string of the molecule is CC1=C(C)C[C@@H](C(=O)C(F)(F)F)[C@H](S(=O)(=O)c2ccccc2)C1. The van der Waals surface area contributed by atoms with Crippen LogP contribution in [0.3, 0.4) is 0 Å². The minimum atomic E-state index is -5.04. The van der Waals surface area contributed by atoms with Crippen LogP contribution in [0.1, 0.15) is 26.7 Å². The number of carbonyl (C=O) groups is 1. The van der Waals surface area contributed by atoms with Gasteiger partial charge in [-0.2, -0.15) is 13.2 Å². The maximum atomic E-state index is 12.9. The van der Waals surface area contributed by atoms with Gasteiger partial charge in [-0.1, -0.05) is 29.3 Å². The number of benzene rings is 1. The predicted octanol–water partition coefficient (Wildman–Crippen LogP) is 3.71. The number of halogens is 3. The van der Waals surface area contributed by atoms with Crippen LogP contribution in [0.2, 0.25) is 0 Å². The summed E-state index contributed by atoms with van der Waals surface area (Å²) in [5, 5.41) is -1.39. The van der Waals surface area contributed by atoms with Crippen LogP contribution in [0.5, 0.6) is 0 Å². The topological polar surface area (TPSA) is 51.2 Å². The van der Waals surface area contributed by atoms with E-state index >= 15 is 0 Å². The molecular weight excluding hydrogens is 329 g/mol. The van der Waals surface area contributed by atoms with E-state index in [1.165, 1.54) is 24.3 Å². The molecule has 0 radical (unpaired) electrons. The zero-order valence-electron chi connectivity index (χ0n) is 12.7. The molecule has 0 unspecified atom stereocenters. The van der Waals surface area contributed by atoms with Crippen LogP contribution in [0.4, 0.5) is 13.2 Å². The summed E-state index contributed by atoms with van der Waals surface area (Å²) in [5.41, 5.74) is 1.37. The highest BCUT2D eigenvalue weighted by molar-refractivity contribution is 7.92. The lowest BCUT2D eigenvalue weighted by Crippen LogP contribution is -2.43. The van der Waals surface area contributed by atoms with Crippen molar-refractivity contribution in [3.63, 3.8) is 0 Å². The van der Waals surface area contributed by atoms with Crippen LogP contribution in [-0.2, 0) is 14.6 Å². The molecule has 2 rings (SSSR count). The first-order valence-corrected chi connectivity index (χ1v) is 8.65. The summed E-state index contributed by atoms with van der Waals surface area (Å²) >= 11 is 0. The Kier molecular flexibility index (Phi) is 4.71. The zero-order valence-corrected chi connectivity index (χ0v) is 13.5. The molecular formula is C16H17F3O3S. The maximum absolute atomic E-state index is 12.9. The van der Waals surface area contributed by atoms with E-state index in [-0.39, 0.29) is 17.7 Å². The first-order chi connectivity index (χ1) is 10.5. The number of hydrogen-bond acceptors (Lipinski definition) is 3. The number of ketones is 1. The van der Waals surface area contributed by atoms with E-state index in [0.717, 1.165) is 5.57 Å². The Morgan fingerprint density at radius 2 is 1.57 bits per heavy atom. The van der Waals surface area contributed by atoms with E-state index in [0.29, 0.717) is 5.57 Å². The molecule has 0 aromatic heterocycles. The van der Waals surface area contributed by atoms with Crippen LogP contribution < -0.4 is 0 Å². The molecule has 0 bridgehead atoms. The quantitative estimate of drug-likeness (QED) is 0.784. The molecule has 1 aromatic carbocycles. The molecule has 1 aliphatic rings. The Morgan fingerprint density at radius 3 is 2.09 bits per heavy atom. The summed E-state index contributed by atoms with van der Waals surface area (Å²) < 4.78 is 64.1. The molecule has 0 amide bonds. The second-order valence-electron chi connectivity index (χ2n) is 5.83. The highest BCUT2D eigenvalue weighted by atomic mass is 32.2. The minimum Gasteiger partial charge on any atom is -0.289 e. The Labute approximate surface area is 133 Å². The first kappa shape index (κ1) is 17.7. The molecule has 1 aliphatic carbocycles. The number of allylic oxidation sites excluding steroid dienone is 2. The molecule has 0 heterocycles. The van der Waals surface area contributed by atoms with Crippen LogP contribution >= 0.6 is 0 Å². The average Bonchev–Trinajstić information content (AvgIpc) is 2.48. The van der Waals surface area contributed by atoms with Crippen molar-refractivity contribution in [2.24, 2.45) is 5.92 Å². The van der Waals surface area contributed by atoms with Gasteiger partial charge in [0, 0.05) is 5.92 Å². The minimum absolute atomic E-state index is 0.0580. The molecule has 0 fully saturated rings. The van der Waals surface area contributed by atoms with Gasteiger partial charge < -0.3 is 0 Å². The number of carbonyl (C=O) groups excluding carboxylic acids is 1. The first-order valence-electron chi connectivity index (χ1n) is 7.10. The lowest BCUT2D eigenvalue weighted by molar-refractivity contribution is -0.175. The summed E-state index contributed by atoms with van der Waals surface area (Å²) in [4.78, 5) is 11.7. The highest BCUT2D eigenvalue weighted by Gasteiger charge is 2.50. The van der Waals surface area contributed by atoms with E-state index in [4.69, 9.17) is 0 Å². The van der Waals surface area contributed by atoms with E-state index in [1.807, 2.05) is 0 Å². The Bertz CT molecular complexity index is 734. The third kappa shape index (κ3) is 3.49. The predicted molar refractivity (Wildman–Crippen MR) is 79.6 cm³/mol. The molecule has 0 aliphatic heterocycles. The molecule has 0 spiro atoms. The van der Waals surface area contributed by atoms with Gasteiger partial charge in [0.05, 0.1) is 10.1 Å². The van der Waals surface area contributed by atoms with Crippen molar-refractivity contribution in [3.8, 4) is 0 Å². The number of rotatable bonds is 3. The van der Waals surface area contributed by atoms with Crippen LogP contribution in [-0.4, -0.2) is 25.6 Å². The van der Waals surface area contributed by atoms with Gasteiger partial charge in [0.15, 0.2) is 9.84 Å². The van der Waals surface area contributed by atoms with Crippen molar-refractivity contribution in [2.75, 3.05) is 0 Å². The molecule has 7 heteroatoms. The van der Waals surface area contributed by atoms with E-state index < -0.39 is 33.0 Å². The van der Waals surface area contributed by atoms with Gasteiger partial charge in [0.25, 0.3) is 0 Å². The number of alkyl halides is 3. The van der Waals surface area contributed by atoms with Crippen LogP contribution in [0.15, 0.2) is 46.4 Å². The van der Waals surface area contributed by atoms with Crippen molar-refractivity contribution < 1.29 is 26.4 Å². The molecule has 0 saturated heterocycles. The van der Waals surface area contributed by atoms with Crippen molar-refractivity contribution >= 4 is 15.6 Å². The fourth-order valence-corrected chi connectivity index (χ4v) is 4.84. The van der Waals surface area contributed by atoms with E-state index in [1.54, 1.807) is 19.9 Å². The third-order valence-electron chi connectivity index (χ3n) is 4.30. The molecule has 2 atom stereocenters. The molecule has 126 valence electrons. The summed E-state index contributed by atoms with van der Waals surface area (Å²) in [5.74, 6) is -3.56. The Morgan fingerprint density at radius 1 is 1.04 bits per heavy atom. The summed E-state index contributed by atoms with van der Waals surface area (Å²) in [6.45, 7) is 3.33. The summed E-state index contributed by atoms with van der Waals surface area (Å²) in [7, 11) is -4.03. The highest BCUT2D eigenvalue weighted by Crippen LogP contribution is 2.39. The van der Waals surface area contributed by atoms with Gasteiger partial charge in [0.1, 0.15) is 0 Å². The third-order valence-corrected chi connectivity index (χ3v) is 6.52. The second kappa shape index (κ2) is 6.11. The summed E-state index contributed by atoms with van der Waals surface area (Å²) in [6, 6.07) is 7.30. The molecule has 23 heavy (non-hydrogen) atoms. The fourth-order valence-electron chi connectivity index (χ4n) is 2.84. The summed E-state index contributed by atoms with van der Waals surface area (Å²) in [6.07, 6.45) is -5.28. The molecule has 1 aromatic rings. The van der Waals surface area contributed by atoms with Crippen molar-refractivity contribution in [3.05, 3.63) is 41.5 Å². The number of Topliss-reactive ketones (excluding diaryl/α,β-unsaturated/α-hetero) is 1. The zero-order chi connectivity index (χ0) is 17.4. The Balaban J connectivity index is 2.51. The second-order valence-corrected chi connectivity index (χ2v) is 8.00. The molecule has 0 N–H and O–H groups in total. The normalized spacial score (nSPS) is 23.0. The van der Waals surface area contributed by atoms with Gasteiger partial charge in [0.2, 0.25) is 5.78 Å². The van der Waals surface area contributed by atoms with Crippen molar-refractivity contribution in [2.45, 2.75) is 43.0 Å². The maximum Gasteiger partial charge on any atom is 0.450 e. The Hall–Kier alpha value is -1.63. The number of sulfone groups is 1. The molecule has 3 nitrogen and oxygen atoms in total. The molecule has 0 saturated carbocycles. The van der Waals surface area contributed by atoms with Gasteiger partial charge in [-0.25, -0.2) is 8.42 Å². The van der Waals surface area contributed by atoms with E-state index in [2.05, 4.69) is 0 Å². The van der Waals surface area contributed by atoms with Crippen molar-refractivity contribution in [1.82, 2.24) is 0 Å².